The number of hydrogen-bond donors (Lipinski definition) is 1. The van der Waals surface area contributed by atoms with Gasteiger partial charge in [-0.2, -0.15) is 0 Å². The second-order valence-corrected chi connectivity index (χ2v) is 6.24. The molecule has 0 saturated carbocycles. The first kappa shape index (κ1) is 14.8. The number of hydrogen-bond acceptors (Lipinski definition) is 4. The van der Waals surface area contributed by atoms with Crippen LogP contribution in [-0.2, 0) is 0 Å². The Morgan fingerprint density at radius 2 is 2.14 bits per heavy atom. The van der Waals surface area contributed by atoms with Gasteiger partial charge in [0, 0.05) is 43.4 Å². The molecular formula is C15H18N4O2S. The second kappa shape index (κ2) is 5.92. The van der Waals surface area contributed by atoms with E-state index in [1.165, 1.54) is 11.3 Å². The summed E-state index contributed by atoms with van der Waals surface area (Å²) in [5.41, 5.74) is 3.79. The van der Waals surface area contributed by atoms with Crippen LogP contribution in [0.5, 0.6) is 0 Å². The van der Waals surface area contributed by atoms with E-state index in [1.807, 2.05) is 24.9 Å². The SMILES string of the molecule is Cc1c[nH]cc1C(=O)N1CCN(C(=O)c2cscn2)[C@@H](C)C1. The number of H-pyrrole nitrogens is 1. The molecule has 0 aliphatic carbocycles. The number of amides is 2. The van der Waals surface area contributed by atoms with Crippen LogP contribution in [0.15, 0.2) is 23.3 Å². The van der Waals surface area contributed by atoms with Crippen molar-refractivity contribution in [3.05, 3.63) is 40.1 Å². The number of aryl methyl sites for hydroxylation is 1. The highest BCUT2D eigenvalue weighted by molar-refractivity contribution is 7.07. The molecule has 1 aliphatic rings. The van der Waals surface area contributed by atoms with Gasteiger partial charge in [-0.25, -0.2) is 4.98 Å². The fourth-order valence-corrected chi connectivity index (χ4v) is 3.28. The molecule has 1 saturated heterocycles. The zero-order valence-corrected chi connectivity index (χ0v) is 13.4. The summed E-state index contributed by atoms with van der Waals surface area (Å²) < 4.78 is 0. The molecule has 1 fully saturated rings. The number of rotatable bonds is 2. The van der Waals surface area contributed by atoms with E-state index in [0.717, 1.165) is 5.56 Å². The summed E-state index contributed by atoms with van der Waals surface area (Å²) in [5.74, 6) is -0.0370. The van der Waals surface area contributed by atoms with Crippen LogP contribution in [0.3, 0.4) is 0 Å². The van der Waals surface area contributed by atoms with Gasteiger partial charge < -0.3 is 14.8 Å². The van der Waals surface area contributed by atoms with E-state index in [1.54, 1.807) is 22.0 Å². The van der Waals surface area contributed by atoms with Gasteiger partial charge in [-0.3, -0.25) is 9.59 Å². The summed E-state index contributed by atoms with van der Waals surface area (Å²) in [6.07, 6.45) is 3.55. The zero-order chi connectivity index (χ0) is 15.7. The maximum absolute atomic E-state index is 12.5. The first-order chi connectivity index (χ1) is 10.6. The highest BCUT2D eigenvalue weighted by atomic mass is 32.1. The molecular weight excluding hydrogens is 300 g/mol. The summed E-state index contributed by atoms with van der Waals surface area (Å²) in [4.78, 5) is 35.6. The number of nitrogens with zero attached hydrogens (tertiary/aromatic N) is 3. The highest BCUT2D eigenvalue weighted by Gasteiger charge is 2.31. The monoisotopic (exact) mass is 318 g/mol. The Balaban J connectivity index is 1.69. The van der Waals surface area contributed by atoms with E-state index in [-0.39, 0.29) is 17.9 Å². The molecule has 7 heteroatoms. The lowest BCUT2D eigenvalue weighted by Gasteiger charge is -2.39. The first-order valence-electron chi connectivity index (χ1n) is 7.19. The smallest absolute Gasteiger partial charge is 0.273 e. The van der Waals surface area contributed by atoms with Gasteiger partial charge in [-0.05, 0) is 19.4 Å². The third-order valence-corrected chi connectivity index (χ3v) is 4.60. The fraction of sp³-hybridized carbons (Fsp3) is 0.400. The standard InChI is InChI=1S/C15H18N4O2S/c1-10-5-16-6-12(10)14(20)18-3-4-19(11(2)7-18)15(21)13-8-22-9-17-13/h5-6,8-9,11,16H,3-4,7H2,1-2H3/t11-/m0/s1. The highest BCUT2D eigenvalue weighted by Crippen LogP contribution is 2.17. The number of piperazine rings is 1. The number of thiazole rings is 1. The Bertz CT molecular complexity index is 680. The first-order valence-corrected chi connectivity index (χ1v) is 8.14. The van der Waals surface area contributed by atoms with Crippen molar-refractivity contribution in [3.8, 4) is 0 Å². The van der Waals surface area contributed by atoms with Crippen LogP contribution in [0.4, 0.5) is 0 Å². The molecule has 22 heavy (non-hydrogen) atoms. The summed E-state index contributed by atoms with van der Waals surface area (Å²) in [7, 11) is 0. The van der Waals surface area contributed by atoms with Crippen LogP contribution >= 0.6 is 11.3 Å². The quantitative estimate of drug-likeness (QED) is 0.917. The van der Waals surface area contributed by atoms with Gasteiger partial charge in [0.2, 0.25) is 0 Å². The number of aromatic nitrogens is 2. The van der Waals surface area contributed by atoms with E-state index >= 15 is 0 Å². The van der Waals surface area contributed by atoms with Crippen LogP contribution in [0.25, 0.3) is 0 Å². The van der Waals surface area contributed by atoms with Gasteiger partial charge in [0.15, 0.2) is 0 Å². The number of aromatic amines is 1. The molecule has 0 unspecified atom stereocenters. The fourth-order valence-electron chi connectivity index (χ4n) is 2.75. The van der Waals surface area contributed by atoms with E-state index in [4.69, 9.17) is 0 Å². The molecule has 6 nitrogen and oxygen atoms in total. The van der Waals surface area contributed by atoms with Crippen molar-refractivity contribution in [3.63, 3.8) is 0 Å². The maximum Gasteiger partial charge on any atom is 0.273 e. The molecule has 0 aromatic carbocycles. The van der Waals surface area contributed by atoms with Crippen LogP contribution in [0.1, 0.15) is 33.3 Å². The van der Waals surface area contributed by atoms with Crippen LogP contribution in [0, 0.1) is 6.92 Å². The Hall–Kier alpha value is -2.15. The minimum absolute atomic E-state index is 0.0198. The normalized spacial score (nSPS) is 18.5. The van der Waals surface area contributed by atoms with Crippen molar-refractivity contribution >= 4 is 23.2 Å². The Morgan fingerprint density at radius 1 is 1.32 bits per heavy atom. The van der Waals surface area contributed by atoms with Gasteiger partial charge in [-0.15, -0.1) is 11.3 Å². The van der Waals surface area contributed by atoms with Crippen LogP contribution in [-0.4, -0.2) is 57.3 Å². The number of nitrogens with one attached hydrogen (secondary N) is 1. The maximum atomic E-state index is 12.5. The molecule has 1 aliphatic heterocycles. The number of carbonyl (C=O) groups is 2. The topological polar surface area (TPSA) is 69.3 Å². The molecule has 2 aromatic heterocycles. The van der Waals surface area contributed by atoms with E-state index < -0.39 is 0 Å². The molecule has 1 atom stereocenters. The minimum atomic E-state index is -0.0568. The Kier molecular flexibility index (Phi) is 3.98. The summed E-state index contributed by atoms with van der Waals surface area (Å²) >= 11 is 1.41. The van der Waals surface area contributed by atoms with Gasteiger partial charge in [0.25, 0.3) is 11.8 Å². The molecule has 1 N–H and O–H groups in total. The van der Waals surface area contributed by atoms with Gasteiger partial charge in [0.1, 0.15) is 5.69 Å². The zero-order valence-electron chi connectivity index (χ0n) is 12.6. The van der Waals surface area contributed by atoms with Gasteiger partial charge >= 0.3 is 0 Å². The molecule has 0 radical (unpaired) electrons. The van der Waals surface area contributed by atoms with Crippen molar-refractivity contribution in [1.82, 2.24) is 19.8 Å². The van der Waals surface area contributed by atoms with Crippen molar-refractivity contribution in [2.24, 2.45) is 0 Å². The molecule has 2 aromatic rings. The second-order valence-electron chi connectivity index (χ2n) is 5.52. The van der Waals surface area contributed by atoms with Gasteiger partial charge in [0.05, 0.1) is 11.1 Å². The van der Waals surface area contributed by atoms with Crippen molar-refractivity contribution in [1.29, 1.82) is 0 Å². The van der Waals surface area contributed by atoms with Gasteiger partial charge in [-0.1, -0.05) is 0 Å². The molecule has 2 amide bonds. The predicted octanol–water partition coefficient (Wildman–Crippen LogP) is 1.77. The third-order valence-electron chi connectivity index (χ3n) is 4.01. The van der Waals surface area contributed by atoms with Crippen molar-refractivity contribution in [2.75, 3.05) is 19.6 Å². The Morgan fingerprint density at radius 3 is 2.73 bits per heavy atom. The van der Waals surface area contributed by atoms with E-state index in [2.05, 4.69) is 9.97 Å². The molecule has 3 rings (SSSR count). The largest absolute Gasteiger partial charge is 0.367 e. The minimum Gasteiger partial charge on any atom is -0.367 e. The summed E-state index contributed by atoms with van der Waals surface area (Å²) in [6.45, 7) is 5.50. The molecule has 116 valence electrons. The van der Waals surface area contributed by atoms with Crippen LogP contribution < -0.4 is 0 Å². The Labute approximate surface area is 132 Å². The lowest BCUT2D eigenvalue weighted by Crippen LogP contribution is -2.55. The van der Waals surface area contributed by atoms with Crippen molar-refractivity contribution < 1.29 is 9.59 Å². The summed E-state index contributed by atoms with van der Waals surface area (Å²) in [5, 5.41) is 1.76. The van der Waals surface area contributed by atoms with Crippen molar-refractivity contribution in [2.45, 2.75) is 19.9 Å². The van der Waals surface area contributed by atoms with E-state index in [0.29, 0.717) is 30.9 Å². The van der Waals surface area contributed by atoms with Crippen LogP contribution in [0.2, 0.25) is 0 Å². The number of carbonyl (C=O) groups excluding carboxylic acids is 2. The molecule has 3 heterocycles. The predicted molar refractivity (Wildman–Crippen MR) is 84.0 cm³/mol. The lowest BCUT2D eigenvalue weighted by atomic mass is 10.1. The average molecular weight is 318 g/mol. The molecule has 0 spiro atoms. The van der Waals surface area contributed by atoms with E-state index in [9.17, 15) is 9.59 Å². The average Bonchev–Trinajstić information content (AvgIpc) is 3.17. The summed E-state index contributed by atoms with van der Waals surface area (Å²) in [6, 6.07) is -0.0221. The molecule has 0 bridgehead atoms. The lowest BCUT2D eigenvalue weighted by molar-refractivity contribution is 0.0411. The third kappa shape index (κ3) is 2.64.